The maximum atomic E-state index is 10.9. The van der Waals surface area contributed by atoms with E-state index >= 15 is 0 Å². The summed E-state index contributed by atoms with van der Waals surface area (Å²) in [6.07, 6.45) is 0. The molecule has 0 saturated carbocycles. The molecule has 11 heavy (non-hydrogen) atoms. The summed E-state index contributed by atoms with van der Waals surface area (Å²) in [5, 5.41) is -0.625. The number of halogens is 1. The van der Waals surface area contributed by atoms with E-state index in [4.69, 9.17) is 11.6 Å². The lowest BCUT2D eigenvalue weighted by atomic mass is 10.5. The first kappa shape index (κ1) is 10.2. The second kappa shape index (κ2) is 4.18. The largest absolute Gasteiger partial charge is 0.347 e. The lowest BCUT2D eigenvalue weighted by Crippen LogP contribution is -2.35. The number of nitrogens with zero attached hydrogens (tertiary/aromatic N) is 2. The van der Waals surface area contributed by atoms with Crippen LogP contribution in [0.2, 0.25) is 0 Å². The van der Waals surface area contributed by atoms with Crippen molar-refractivity contribution in [2.45, 2.75) is 0 Å². The van der Waals surface area contributed by atoms with E-state index in [2.05, 4.69) is 0 Å². The summed E-state index contributed by atoms with van der Waals surface area (Å²) in [4.78, 5) is 23.9. The molecule has 0 unspecified atom stereocenters. The van der Waals surface area contributed by atoms with Gasteiger partial charge in [-0.2, -0.15) is 0 Å². The molecule has 0 aliphatic heterocycles. The molecule has 0 N–H and O–H groups in total. The zero-order valence-electron chi connectivity index (χ0n) is 6.80. The maximum absolute atomic E-state index is 10.9. The lowest BCUT2D eigenvalue weighted by Gasteiger charge is -2.15. The number of likely N-dealkylation sites (N-methyl/N-ethyl adjacent to an activating group) is 2. The normalized spacial score (nSPS) is 9.09. The highest BCUT2D eigenvalue weighted by atomic mass is 35.5. The van der Waals surface area contributed by atoms with Gasteiger partial charge in [0.15, 0.2) is 0 Å². The van der Waals surface area contributed by atoms with Crippen molar-refractivity contribution in [3.05, 3.63) is 0 Å². The van der Waals surface area contributed by atoms with Crippen LogP contribution in [-0.2, 0) is 4.79 Å². The Balaban J connectivity index is 3.85. The Morgan fingerprint density at radius 2 is 1.73 bits per heavy atom. The Labute approximate surface area is 70.7 Å². The number of hydrogen-bond donors (Lipinski definition) is 0. The summed E-state index contributed by atoms with van der Waals surface area (Å²) < 4.78 is 0. The van der Waals surface area contributed by atoms with Gasteiger partial charge >= 0.3 is 5.37 Å². The SMILES string of the molecule is CN(C)C(=O)CN(C)C(=O)Cl. The van der Waals surface area contributed by atoms with Gasteiger partial charge in [-0.25, -0.2) is 0 Å². The summed E-state index contributed by atoms with van der Waals surface area (Å²) in [5.41, 5.74) is 0. The van der Waals surface area contributed by atoms with Crippen LogP contribution in [0.15, 0.2) is 0 Å². The van der Waals surface area contributed by atoms with Crippen molar-refractivity contribution < 1.29 is 9.59 Å². The first-order chi connectivity index (χ1) is 4.95. The summed E-state index contributed by atoms with van der Waals surface area (Å²) in [7, 11) is 4.71. The molecule has 64 valence electrons. The van der Waals surface area contributed by atoms with E-state index in [1.807, 2.05) is 0 Å². The molecule has 0 radical (unpaired) electrons. The van der Waals surface area contributed by atoms with Crippen LogP contribution < -0.4 is 0 Å². The summed E-state index contributed by atoms with van der Waals surface area (Å²) in [5.74, 6) is -0.151. The molecule has 0 aromatic carbocycles. The molecular formula is C6H11ClN2O2. The molecule has 4 nitrogen and oxygen atoms in total. The van der Waals surface area contributed by atoms with E-state index in [0.29, 0.717) is 0 Å². The van der Waals surface area contributed by atoms with Crippen LogP contribution in [0.4, 0.5) is 4.79 Å². The molecule has 2 amide bonds. The van der Waals surface area contributed by atoms with Crippen molar-refractivity contribution in [2.75, 3.05) is 27.7 Å². The molecule has 0 rings (SSSR count). The highest BCUT2D eigenvalue weighted by Crippen LogP contribution is 1.92. The number of amides is 2. The molecule has 0 bridgehead atoms. The fourth-order valence-corrected chi connectivity index (χ4v) is 0.466. The van der Waals surface area contributed by atoms with Gasteiger partial charge in [0.2, 0.25) is 5.91 Å². The van der Waals surface area contributed by atoms with Crippen molar-refractivity contribution in [1.82, 2.24) is 9.80 Å². The molecule has 0 saturated heterocycles. The van der Waals surface area contributed by atoms with Crippen LogP contribution in [0.5, 0.6) is 0 Å². The Morgan fingerprint density at radius 1 is 1.27 bits per heavy atom. The van der Waals surface area contributed by atoms with Crippen LogP contribution in [-0.4, -0.2) is 48.8 Å². The monoisotopic (exact) mass is 178 g/mol. The minimum Gasteiger partial charge on any atom is -0.347 e. The van der Waals surface area contributed by atoms with Gasteiger partial charge in [0.05, 0.1) is 0 Å². The van der Waals surface area contributed by atoms with E-state index in [1.54, 1.807) is 14.1 Å². The highest BCUT2D eigenvalue weighted by Gasteiger charge is 2.10. The topological polar surface area (TPSA) is 40.6 Å². The third-order valence-electron chi connectivity index (χ3n) is 1.17. The van der Waals surface area contributed by atoms with E-state index in [-0.39, 0.29) is 12.5 Å². The molecule has 0 heterocycles. The van der Waals surface area contributed by atoms with Crippen molar-refractivity contribution >= 4 is 22.9 Å². The number of carbonyl (C=O) groups is 2. The third-order valence-corrected chi connectivity index (χ3v) is 1.46. The molecule has 0 aromatic heterocycles. The van der Waals surface area contributed by atoms with E-state index < -0.39 is 5.37 Å². The standard InChI is InChI=1S/C6H11ClN2O2/c1-8(2)5(10)4-9(3)6(7)11/h4H2,1-3H3. The van der Waals surface area contributed by atoms with Gasteiger partial charge in [-0.15, -0.1) is 0 Å². The Kier molecular flexibility index (Phi) is 3.89. The van der Waals surface area contributed by atoms with Crippen LogP contribution in [0.25, 0.3) is 0 Å². The van der Waals surface area contributed by atoms with Crippen molar-refractivity contribution in [3.8, 4) is 0 Å². The summed E-state index contributed by atoms with van der Waals surface area (Å²) in [6.45, 7) is 0.0231. The first-order valence-electron chi connectivity index (χ1n) is 3.06. The summed E-state index contributed by atoms with van der Waals surface area (Å²) >= 11 is 5.09. The molecule has 0 aliphatic rings. The molecular weight excluding hydrogens is 168 g/mol. The minimum atomic E-state index is -0.625. The lowest BCUT2D eigenvalue weighted by molar-refractivity contribution is -0.128. The van der Waals surface area contributed by atoms with Gasteiger partial charge < -0.3 is 9.80 Å². The molecule has 0 aliphatic carbocycles. The smallest absolute Gasteiger partial charge is 0.316 e. The van der Waals surface area contributed by atoms with Crippen LogP contribution >= 0.6 is 11.6 Å². The molecule has 5 heteroatoms. The fraction of sp³-hybridized carbons (Fsp3) is 0.667. The van der Waals surface area contributed by atoms with Gasteiger partial charge in [0, 0.05) is 21.1 Å². The van der Waals surface area contributed by atoms with Gasteiger partial charge in [-0.3, -0.25) is 9.59 Å². The summed E-state index contributed by atoms with van der Waals surface area (Å²) in [6, 6.07) is 0. The number of rotatable bonds is 2. The second-order valence-corrected chi connectivity index (χ2v) is 2.72. The maximum Gasteiger partial charge on any atom is 0.316 e. The van der Waals surface area contributed by atoms with Crippen molar-refractivity contribution in [1.29, 1.82) is 0 Å². The van der Waals surface area contributed by atoms with Crippen LogP contribution in [0.1, 0.15) is 0 Å². The van der Waals surface area contributed by atoms with Gasteiger partial charge in [-0.05, 0) is 11.6 Å². The highest BCUT2D eigenvalue weighted by molar-refractivity contribution is 6.62. The molecule has 0 atom stereocenters. The number of carbonyl (C=O) groups excluding carboxylic acids is 2. The van der Waals surface area contributed by atoms with E-state index in [0.717, 1.165) is 4.90 Å². The first-order valence-corrected chi connectivity index (χ1v) is 3.43. The van der Waals surface area contributed by atoms with Crippen molar-refractivity contribution in [3.63, 3.8) is 0 Å². The average Bonchev–Trinajstić information content (AvgIpc) is 1.87. The van der Waals surface area contributed by atoms with Gasteiger partial charge in [0.1, 0.15) is 6.54 Å². The van der Waals surface area contributed by atoms with Crippen LogP contribution in [0, 0.1) is 0 Å². The number of hydrogen-bond acceptors (Lipinski definition) is 2. The predicted molar refractivity (Wildman–Crippen MR) is 42.6 cm³/mol. The van der Waals surface area contributed by atoms with Gasteiger partial charge in [0.25, 0.3) is 0 Å². The van der Waals surface area contributed by atoms with Crippen LogP contribution in [0.3, 0.4) is 0 Å². The minimum absolute atomic E-state index is 0.0231. The Morgan fingerprint density at radius 3 is 2.00 bits per heavy atom. The Hall–Kier alpha value is -0.770. The van der Waals surface area contributed by atoms with Gasteiger partial charge in [-0.1, -0.05) is 0 Å². The zero-order valence-corrected chi connectivity index (χ0v) is 7.55. The Bertz CT molecular complexity index is 170. The predicted octanol–water partition coefficient (Wildman–Crippen LogP) is 0.365. The third kappa shape index (κ3) is 3.83. The fourth-order valence-electron chi connectivity index (χ4n) is 0.406. The molecule has 0 spiro atoms. The molecule has 0 aromatic rings. The molecule has 0 fully saturated rings. The van der Waals surface area contributed by atoms with E-state index in [1.165, 1.54) is 11.9 Å². The van der Waals surface area contributed by atoms with E-state index in [9.17, 15) is 9.59 Å². The average molecular weight is 179 g/mol. The quantitative estimate of drug-likeness (QED) is 0.453. The second-order valence-electron chi connectivity index (χ2n) is 2.40. The zero-order chi connectivity index (χ0) is 9.02. The van der Waals surface area contributed by atoms with Crippen molar-refractivity contribution in [2.24, 2.45) is 0 Å².